The molecule has 0 fully saturated rings. The number of methoxy groups -OCH3 is 1. The third kappa shape index (κ3) is 2.15. The number of nitro benzene ring substituents is 1. The molecule has 1 heterocycles. The highest BCUT2D eigenvalue weighted by Crippen LogP contribution is 2.31. The van der Waals surface area contributed by atoms with Gasteiger partial charge in [-0.05, 0) is 36.2 Å². The molecule has 0 atom stereocenters. The lowest BCUT2D eigenvalue weighted by Gasteiger charge is -2.09. The average Bonchev–Trinajstić information content (AvgIpc) is 2.38. The van der Waals surface area contributed by atoms with Crippen LogP contribution in [0.5, 0.6) is 5.88 Å². The fourth-order valence-electron chi connectivity index (χ4n) is 1.82. The Labute approximate surface area is 104 Å². The topological polar surface area (TPSA) is 65.3 Å². The molecule has 0 aliphatic carbocycles. The molecule has 0 spiro atoms. The van der Waals surface area contributed by atoms with Crippen molar-refractivity contribution in [1.82, 2.24) is 4.98 Å². The lowest BCUT2D eigenvalue weighted by atomic mass is 10.0. The second-order valence-electron chi connectivity index (χ2n) is 3.82. The largest absolute Gasteiger partial charge is 0.481 e. The van der Waals surface area contributed by atoms with Crippen molar-refractivity contribution >= 4 is 5.69 Å². The van der Waals surface area contributed by atoms with Gasteiger partial charge < -0.3 is 4.74 Å². The summed E-state index contributed by atoms with van der Waals surface area (Å²) < 4.78 is 5.19. The minimum atomic E-state index is -0.406. The van der Waals surface area contributed by atoms with Gasteiger partial charge in [-0.25, -0.2) is 4.98 Å². The van der Waals surface area contributed by atoms with Gasteiger partial charge in [-0.2, -0.15) is 0 Å². The summed E-state index contributed by atoms with van der Waals surface area (Å²) in [5.41, 5.74) is 2.60. The van der Waals surface area contributed by atoms with Gasteiger partial charge in [0.25, 0.3) is 5.69 Å². The van der Waals surface area contributed by atoms with E-state index in [0.29, 0.717) is 5.88 Å². The Hall–Kier alpha value is -2.43. The molecule has 2 aromatic rings. The first-order valence-electron chi connectivity index (χ1n) is 5.38. The molecule has 5 nitrogen and oxygen atoms in total. The minimum Gasteiger partial charge on any atom is -0.481 e. The number of aryl methyl sites for hydroxylation is 1. The lowest BCUT2D eigenvalue weighted by Crippen LogP contribution is -1.94. The molecule has 0 N–H and O–H groups in total. The molecule has 0 bridgehead atoms. The van der Waals surface area contributed by atoms with Gasteiger partial charge in [-0.3, -0.25) is 10.1 Å². The Balaban J connectivity index is 2.54. The zero-order valence-electron chi connectivity index (χ0n) is 10.1. The molecule has 18 heavy (non-hydrogen) atoms. The molecule has 1 aromatic carbocycles. The molecule has 0 radical (unpaired) electrons. The number of non-ortho nitro benzene ring substituents is 1. The highest BCUT2D eigenvalue weighted by molar-refractivity contribution is 5.72. The van der Waals surface area contributed by atoms with Crippen molar-refractivity contribution in [2.24, 2.45) is 0 Å². The number of hydrogen-bond acceptors (Lipinski definition) is 4. The van der Waals surface area contributed by atoms with E-state index in [4.69, 9.17) is 4.74 Å². The summed E-state index contributed by atoms with van der Waals surface area (Å²) >= 11 is 0. The number of aromatic nitrogens is 1. The predicted octanol–water partition coefficient (Wildman–Crippen LogP) is 2.97. The second kappa shape index (κ2) is 4.83. The predicted molar refractivity (Wildman–Crippen MR) is 67.6 cm³/mol. The van der Waals surface area contributed by atoms with Crippen molar-refractivity contribution in [2.45, 2.75) is 6.92 Å². The van der Waals surface area contributed by atoms with E-state index in [2.05, 4.69) is 4.98 Å². The van der Waals surface area contributed by atoms with E-state index >= 15 is 0 Å². The summed E-state index contributed by atoms with van der Waals surface area (Å²) in [5.74, 6) is 0.509. The summed E-state index contributed by atoms with van der Waals surface area (Å²) in [6.45, 7) is 1.83. The molecule has 5 heteroatoms. The van der Waals surface area contributed by atoms with E-state index in [-0.39, 0.29) is 5.69 Å². The van der Waals surface area contributed by atoms with Crippen LogP contribution in [0.25, 0.3) is 11.1 Å². The maximum absolute atomic E-state index is 10.7. The molecule has 0 aliphatic rings. The van der Waals surface area contributed by atoms with E-state index < -0.39 is 4.92 Å². The minimum absolute atomic E-state index is 0.0825. The SMILES string of the molecule is COc1ncccc1-c1ccc([N+](=O)[O-])cc1C. The normalized spacial score (nSPS) is 10.1. The van der Waals surface area contributed by atoms with Crippen molar-refractivity contribution in [3.05, 3.63) is 52.2 Å². The van der Waals surface area contributed by atoms with Crippen molar-refractivity contribution in [3.63, 3.8) is 0 Å². The Kier molecular flexibility index (Phi) is 3.23. The quantitative estimate of drug-likeness (QED) is 0.615. The number of ether oxygens (including phenoxy) is 1. The number of nitro groups is 1. The van der Waals surface area contributed by atoms with Crippen LogP contribution in [0.3, 0.4) is 0 Å². The molecule has 0 amide bonds. The van der Waals surface area contributed by atoms with Gasteiger partial charge in [-0.15, -0.1) is 0 Å². The fourth-order valence-corrected chi connectivity index (χ4v) is 1.82. The molecule has 1 aromatic heterocycles. The van der Waals surface area contributed by atoms with Crippen LogP contribution in [0.15, 0.2) is 36.5 Å². The molecule has 0 saturated heterocycles. The fraction of sp³-hybridized carbons (Fsp3) is 0.154. The van der Waals surface area contributed by atoms with Crippen molar-refractivity contribution < 1.29 is 9.66 Å². The number of hydrogen-bond donors (Lipinski definition) is 0. The number of benzene rings is 1. The van der Waals surface area contributed by atoms with E-state index in [1.54, 1.807) is 31.5 Å². The van der Waals surface area contributed by atoms with Gasteiger partial charge in [0.05, 0.1) is 12.0 Å². The van der Waals surface area contributed by atoms with Crippen LogP contribution in [-0.2, 0) is 0 Å². The standard InChI is InChI=1S/C13H12N2O3/c1-9-8-10(15(16)17)5-6-11(9)12-4-3-7-14-13(12)18-2/h3-8H,1-2H3. The Bertz CT molecular complexity index is 597. The highest BCUT2D eigenvalue weighted by Gasteiger charge is 2.12. The van der Waals surface area contributed by atoms with Crippen molar-refractivity contribution in [1.29, 1.82) is 0 Å². The Morgan fingerprint density at radius 3 is 2.67 bits per heavy atom. The second-order valence-corrected chi connectivity index (χ2v) is 3.82. The first-order valence-corrected chi connectivity index (χ1v) is 5.38. The third-order valence-electron chi connectivity index (χ3n) is 2.68. The Morgan fingerprint density at radius 2 is 2.06 bits per heavy atom. The number of nitrogens with zero attached hydrogens (tertiary/aromatic N) is 2. The van der Waals surface area contributed by atoms with Gasteiger partial charge in [0.15, 0.2) is 0 Å². The first-order chi connectivity index (χ1) is 8.63. The monoisotopic (exact) mass is 244 g/mol. The van der Waals surface area contributed by atoms with Crippen LogP contribution in [0.4, 0.5) is 5.69 Å². The lowest BCUT2D eigenvalue weighted by molar-refractivity contribution is -0.384. The van der Waals surface area contributed by atoms with E-state index in [1.807, 2.05) is 13.0 Å². The number of pyridine rings is 1. The van der Waals surface area contributed by atoms with E-state index in [9.17, 15) is 10.1 Å². The van der Waals surface area contributed by atoms with Crippen LogP contribution < -0.4 is 4.74 Å². The van der Waals surface area contributed by atoms with Gasteiger partial charge >= 0.3 is 0 Å². The van der Waals surface area contributed by atoms with E-state index in [0.717, 1.165) is 16.7 Å². The molecular weight excluding hydrogens is 232 g/mol. The maximum Gasteiger partial charge on any atom is 0.269 e. The van der Waals surface area contributed by atoms with Crippen LogP contribution in [0.2, 0.25) is 0 Å². The smallest absolute Gasteiger partial charge is 0.269 e. The molecule has 2 rings (SSSR count). The van der Waals surface area contributed by atoms with Gasteiger partial charge in [0.1, 0.15) is 0 Å². The summed E-state index contributed by atoms with van der Waals surface area (Å²) in [6, 6.07) is 8.42. The van der Waals surface area contributed by atoms with Crippen LogP contribution >= 0.6 is 0 Å². The zero-order chi connectivity index (χ0) is 13.1. The molecular formula is C13H12N2O3. The van der Waals surface area contributed by atoms with Crippen LogP contribution in [0, 0.1) is 17.0 Å². The summed E-state index contributed by atoms with van der Waals surface area (Å²) in [4.78, 5) is 14.4. The third-order valence-corrected chi connectivity index (χ3v) is 2.68. The Morgan fingerprint density at radius 1 is 1.28 bits per heavy atom. The maximum atomic E-state index is 10.7. The van der Waals surface area contributed by atoms with Crippen LogP contribution in [-0.4, -0.2) is 17.0 Å². The molecule has 0 unspecified atom stereocenters. The van der Waals surface area contributed by atoms with Gasteiger partial charge in [0, 0.05) is 23.9 Å². The average molecular weight is 244 g/mol. The summed E-state index contributed by atoms with van der Waals surface area (Å²) in [5, 5.41) is 10.7. The summed E-state index contributed by atoms with van der Waals surface area (Å²) in [6.07, 6.45) is 1.64. The van der Waals surface area contributed by atoms with Crippen LogP contribution in [0.1, 0.15) is 5.56 Å². The van der Waals surface area contributed by atoms with Gasteiger partial charge in [-0.1, -0.05) is 0 Å². The number of rotatable bonds is 3. The van der Waals surface area contributed by atoms with E-state index in [1.165, 1.54) is 6.07 Å². The molecule has 0 aliphatic heterocycles. The first kappa shape index (κ1) is 12.0. The highest BCUT2D eigenvalue weighted by atomic mass is 16.6. The zero-order valence-corrected chi connectivity index (χ0v) is 10.1. The van der Waals surface area contributed by atoms with Gasteiger partial charge in [0.2, 0.25) is 5.88 Å². The summed E-state index contributed by atoms with van der Waals surface area (Å²) in [7, 11) is 1.55. The molecule has 92 valence electrons. The van der Waals surface area contributed by atoms with Crippen molar-refractivity contribution in [2.75, 3.05) is 7.11 Å². The van der Waals surface area contributed by atoms with Crippen molar-refractivity contribution in [3.8, 4) is 17.0 Å². The molecule has 0 saturated carbocycles.